The molecule has 0 aromatic heterocycles. The molecule has 1 heterocycles. The number of amides is 1. The number of hydrogen-bond donors (Lipinski definition) is 1. The molecule has 0 spiro atoms. The fourth-order valence-corrected chi connectivity index (χ4v) is 3.29. The first kappa shape index (κ1) is 21.4. The van der Waals surface area contributed by atoms with Crippen LogP contribution in [0.15, 0.2) is 47.6 Å². The minimum absolute atomic E-state index is 0.00459. The summed E-state index contributed by atoms with van der Waals surface area (Å²) in [4.78, 5) is 12.7. The highest BCUT2D eigenvalue weighted by atomic mass is 35.5. The first-order valence-electron chi connectivity index (χ1n) is 8.36. The van der Waals surface area contributed by atoms with Gasteiger partial charge in [-0.05, 0) is 42.8 Å². The molecule has 0 saturated heterocycles. The van der Waals surface area contributed by atoms with E-state index < -0.39 is 24.2 Å². The van der Waals surface area contributed by atoms with Gasteiger partial charge in [-0.15, -0.1) is 0 Å². The van der Waals surface area contributed by atoms with Crippen LogP contribution in [0.3, 0.4) is 0 Å². The van der Waals surface area contributed by atoms with Crippen molar-refractivity contribution in [2.45, 2.75) is 31.9 Å². The molecule has 0 fully saturated rings. The molecular weight excluding hydrogens is 432 g/mol. The quantitative estimate of drug-likeness (QED) is 0.714. The zero-order valence-corrected chi connectivity index (χ0v) is 16.5. The van der Waals surface area contributed by atoms with Crippen molar-refractivity contribution in [3.05, 3.63) is 63.6 Å². The lowest BCUT2D eigenvalue weighted by Gasteiger charge is -2.32. The van der Waals surface area contributed by atoms with Crippen LogP contribution in [0.2, 0.25) is 10.0 Å². The Hall–Kier alpha value is -2.29. The number of ether oxygens (including phenoxy) is 1. The van der Waals surface area contributed by atoms with E-state index >= 15 is 0 Å². The van der Waals surface area contributed by atoms with Crippen LogP contribution in [0.4, 0.5) is 13.2 Å². The maximum absolute atomic E-state index is 13.3. The van der Waals surface area contributed by atoms with Gasteiger partial charge in [-0.3, -0.25) is 4.79 Å². The Bertz CT molecular complexity index is 981. The molecule has 10 heteroatoms. The lowest BCUT2D eigenvalue weighted by Crippen LogP contribution is -2.56. The normalized spacial score (nSPS) is 19.3. The second-order valence-electron chi connectivity index (χ2n) is 6.51. The summed E-state index contributed by atoms with van der Waals surface area (Å²) in [5.74, 6) is -0.716. The van der Waals surface area contributed by atoms with E-state index in [1.165, 1.54) is 31.2 Å². The van der Waals surface area contributed by atoms with Gasteiger partial charge in [-0.25, -0.2) is 0 Å². The number of halogens is 5. The van der Waals surface area contributed by atoms with Gasteiger partial charge < -0.3 is 9.84 Å². The third-order valence-electron chi connectivity index (χ3n) is 4.23. The number of nitrogens with zero attached hydrogens (tertiary/aromatic N) is 2. The molecule has 0 bridgehead atoms. The minimum atomic E-state index is -5.06. The predicted octanol–water partition coefficient (Wildman–Crippen LogP) is 5.05. The largest absolute Gasteiger partial charge is 0.487 e. The zero-order valence-electron chi connectivity index (χ0n) is 15.0. The van der Waals surface area contributed by atoms with Crippen LogP contribution in [0, 0.1) is 0 Å². The van der Waals surface area contributed by atoms with Gasteiger partial charge in [0, 0.05) is 22.7 Å². The summed E-state index contributed by atoms with van der Waals surface area (Å²) in [6, 6.07) is 10.5. The molecule has 0 aliphatic carbocycles. The van der Waals surface area contributed by atoms with Crippen LogP contribution in [0.1, 0.15) is 29.3 Å². The van der Waals surface area contributed by atoms with Crippen molar-refractivity contribution in [1.29, 1.82) is 0 Å². The lowest BCUT2D eigenvalue weighted by atomic mass is 10.1. The number of carbonyl (C=O) groups is 1. The molecule has 5 nitrogen and oxygen atoms in total. The predicted molar refractivity (Wildman–Crippen MR) is 102 cm³/mol. The summed E-state index contributed by atoms with van der Waals surface area (Å²) < 4.78 is 45.6. The molecule has 0 unspecified atom stereocenters. The zero-order chi connectivity index (χ0) is 21.4. The highest BCUT2D eigenvalue weighted by molar-refractivity contribution is 6.35. The highest BCUT2D eigenvalue weighted by Gasteiger charge is 2.62. The topological polar surface area (TPSA) is 62.1 Å². The smallest absolute Gasteiger partial charge is 0.438 e. The molecule has 0 radical (unpaired) electrons. The van der Waals surface area contributed by atoms with E-state index in [1.54, 1.807) is 18.2 Å². The van der Waals surface area contributed by atoms with E-state index in [0.29, 0.717) is 21.4 Å². The fourth-order valence-electron chi connectivity index (χ4n) is 2.82. The van der Waals surface area contributed by atoms with Crippen molar-refractivity contribution in [2.75, 3.05) is 0 Å². The van der Waals surface area contributed by atoms with Crippen LogP contribution < -0.4 is 4.74 Å². The van der Waals surface area contributed by atoms with Crippen LogP contribution in [-0.2, 0) is 6.61 Å². The molecule has 29 heavy (non-hydrogen) atoms. The summed E-state index contributed by atoms with van der Waals surface area (Å²) in [6.45, 7) is 1.32. The van der Waals surface area contributed by atoms with Crippen molar-refractivity contribution in [3.8, 4) is 5.75 Å². The van der Waals surface area contributed by atoms with Gasteiger partial charge in [-0.2, -0.15) is 23.3 Å². The van der Waals surface area contributed by atoms with E-state index in [0.717, 1.165) is 0 Å². The monoisotopic (exact) mass is 446 g/mol. The molecule has 2 aromatic carbocycles. The van der Waals surface area contributed by atoms with Gasteiger partial charge in [0.15, 0.2) is 0 Å². The molecule has 2 aromatic rings. The van der Waals surface area contributed by atoms with Gasteiger partial charge >= 0.3 is 6.18 Å². The van der Waals surface area contributed by atoms with E-state index in [-0.39, 0.29) is 22.9 Å². The summed E-state index contributed by atoms with van der Waals surface area (Å²) in [6.07, 6.45) is -5.86. The number of alkyl halides is 3. The number of aliphatic hydroxyl groups is 1. The van der Waals surface area contributed by atoms with Gasteiger partial charge in [0.25, 0.3) is 11.6 Å². The van der Waals surface area contributed by atoms with Crippen LogP contribution in [-0.4, -0.2) is 33.6 Å². The van der Waals surface area contributed by atoms with Crippen LogP contribution >= 0.6 is 23.2 Å². The molecule has 1 atom stereocenters. The Morgan fingerprint density at radius 1 is 1.28 bits per heavy atom. The SMILES string of the molecule is CC1=NN(C(=O)c2cccc(COc3ccc(Cl)cc3Cl)c2)[C@@](O)(C(F)(F)F)C1. The Balaban J connectivity index is 1.80. The average molecular weight is 447 g/mol. The molecule has 1 amide bonds. The van der Waals surface area contributed by atoms with Crippen LogP contribution in [0.5, 0.6) is 5.75 Å². The van der Waals surface area contributed by atoms with Crippen molar-refractivity contribution in [3.63, 3.8) is 0 Å². The maximum atomic E-state index is 13.3. The second kappa shape index (κ2) is 7.85. The summed E-state index contributed by atoms with van der Waals surface area (Å²) in [5, 5.41) is 14.5. The highest BCUT2D eigenvalue weighted by Crippen LogP contribution is 2.41. The van der Waals surface area contributed by atoms with Crippen molar-refractivity contribution >= 4 is 34.8 Å². The Morgan fingerprint density at radius 2 is 2.00 bits per heavy atom. The Labute approximate surface area is 174 Å². The van der Waals surface area contributed by atoms with Gasteiger partial charge in [-0.1, -0.05) is 35.3 Å². The molecule has 3 rings (SSSR count). The number of carbonyl (C=O) groups excluding carboxylic acids is 1. The average Bonchev–Trinajstić information content (AvgIpc) is 2.96. The van der Waals surface area contributed by atoms with E-state index in [9.17, 15) is 23.1 Å². The summed E-state index contributed by atoms with van der Waals surface area (Å²) in [5.41, 5.74) is -2.95. The van der Waals surface area contributed by atoms with Crippen LogP contribution in [0.25, 0.3) is 0 Å². The first-order chi connectivity index (χ1) is 13.5. The molecule has 1 aliphatic heterocycles. The fraction of sp³-hybridized carbons (Fsp3) is 0.263. The van der Waals surface area contributed by atoms with Gasteiger partial charge in [0.05, 0.1) is 5.02 Å². The number of rotatable bonds is 4. The first-order valence-corrected chi connectivity index (χ1v) is 9.11. The standard InChI is InChI=1S/C19H15Cl2F3N2O3/c1-11-9-18(28,19(22,23)24)26(25-11)17(27)13-4-2-3-12(7-13)10-29-16-6-5-14(20)8-15(16)21/h2-8,28H,9-10H2,1H3/t18-/m0/s1. The lowest BCUT2D eigenvalue weighted by molar-refractivity contribution is -0.297. The third kappa shape index (κ3) is 4.34. The van der Waals surface area contributed by atoms with E-state index in [1.807, 2.05) is 0 Å². The molecule has 1 N–H and O–H groups in total. The number of benzene rings is 2. The van der Waals surface area contributed by atoms with Gasteiger partial charge in [0.1, 0.15) is 12.4 Å². The van der Waals surface area contributed by atoms with Crippen molar-refractivity contribution in [1.82, 2.24) is 5.01 Å². The van der Waals surface area contributed by atoms with Crippen molar-refractivity contribution in [2.24, 2.45) is 5.10 Å². The molecule has 1 aliphatic rings. The molecular formula is C19H15Cl2F3N2O3. The Morgan fingerprint density at radius 3 is 2.66 bits per heavy atom. The van der Waals surface area contributed by atoms with E-state index in [4.69, 9.17) is 27.9 Å². The third-order valence-corrected chi connectivity index (χ3v) is 4.76. The molecule has 0 saturated carbocycles. The summed E-state index contributed by atoms with van der Waals surface area (Å²) >= 11 is 11.9. The minimum Gasteiger partial charge on any atom is -0.487 e. The molecule has 154 valence electrons. The number of hydrogen-bond acceptors (Lipinski definition) is 4. The van der Waals surface area contributed by atoms with Gasteiger partial charge in [0.2, 0.25) is 0 Å². The summed E-state index contributed by atoms with van der Waals surface area (Å²) in [7, 11) is 0. The van der Waals surface area contributed by atoms with Crippen molar-refractivity contribution < 1.29 is 27.8 Å². The number of hydrazone groups is 1. The van der Waals surface area contributed by atoms with E-state index in [2.05, 4.69) is 5.10 Å². The second-order valence-corrected chi connectivity index (χ2v) is 7.35. The maximum Gasteiger partial charge on any atom is 0.438 e. The Kier molecular flexibility index (Phi) is 5.80.